The number of anilines is 3. The molecule has 3 heterocycles. The van der Waals surface area contributed by atoms with E-state index in [1.165, 1.54) is 17.1 Å². The lowest BCUT2D eigenvalue weighted by Crippen LogP contribution is -2.41. The normalized spacial score (nSPS) is 14.5. The molecule has 3 rings (SSSR count). The van der Waals surface area contributed by atoms with E-state index in [0.29, 0.717) is 37.1 Å². The molecule has 0 saturated heterocycles. The van der Waals surface area contributed by atoms with E-state index in [0.717, 1.165) is 0 Å². The number of nitrogens with two attached hydrogens (primary N) is 1. The zero-order chi connectivity index (χ0) is 25.8. The Bertz CT molecular complexity index is 1110. The van der Waals surface area contributed by atoms with Gasteiger partial charge in [0.1, 0.15) is 16.9 Å². The summed E-state index contributed by atoms with van der Waals surface area (Å²) in [5.74, 6) is -1.29. The molecule has 0 aromatic carbocycles. The van der Waals surface area contributed by atoms with Gasteiger partial charge < -0.3 is 26.0 Å². The van der Waals surface area contributed by atoms with E-state index in [2.05, 4.69) is 25.7 Å². The Morgan fingerprint density at radius 3 is 2.74 bits per heavy atom. The number of aromatic nitrogens is 4. The number of primary amides is 1. The summed E-state index contributed by atoms with van der Waals surface area (Å²) >= 11 is 0. The van der Waals surface area contributed by atoms with Crippen LogP contribution in [0, 0.1) is 6.92 Å². The van der Waals surface area contributed by atoms with Gasteiger partial charge in [-0.05, 0) is 33.3 Å². The van der Waals surface area contributed by atoms with Crippen molar-refractivity contribution in [3.8, 4) is 0 Å². The van der Waals surface area contributed by atoms with Crippen LogP contribution in [0.2, 0.25) is 0 Å². The van der Waals surface area contributed by atoms with Crippen molar-refractivity contribution in [3.05, 3.63) is 36.0 Å². The van der Waals surface area contributed by atoms with E-state index < -0.39 is 29.0 Å². The van der Waals surface area contributed by atoms with Gasteiger partial charge in [0.05, 0.1) is 23.8 Å². The number of aryl methyl sites for hydroxylation is 1. The summed E-state index contributed by atoms with van der Waals surface area (Å²) in [4.78, 5) is 33.0. The van der Waals surface area contributed by atoms with Gasteiger partial charge in [0.15, 0.2) is 6.61 Å². The van der Waals surface area contributed by atoms with Crippen molar-refractivity contribution in [2.24, 2.45) is 5.73 Å². The van der Waals surface area contributed by atoms with Gasteiger partial charge in [0.2, 0.25) is 11.9 Å². The molecule has 14 heteroatoms. The zero-order valence-electron chi connectivity index (χ0n) is 19.5. The Kier molecular flexibility index (Phi) is 7.51. The summed E-state index contributed by atoms with van der Waals surface area (Å²) in [5.41, 5.74) is 4.16. The summed E-state index contributed by atoms with van der Waals surface area (Å²) in [7, 11) is 0. The summed E-state index contributed by atoms with van der Waals surface area (Å²) in [6, 6.07) is 0. The third-order valence-corrected chi connectivity index (χ3v) is 5.39. The largest absolute Gasteiger partial charge is 0.492 e. The van der Waals surface area contributed by atoms with Gasteiger partial charge in [0, 0.05) is 25.8 Å². The van der Waals surface area contributed by atoms with Crippen molar-refractivity contribution < 1.29 is 27.5 Å². The van der Waals surface area contributed by atoms with Crippen molar-refractivity contribution in [1.82, 2.24) is 24.6 Å². The summed E-state index contributed by atoms with van der Waals surface area (Å²) in [5, 5.41) is 9.79. The van der Waals surface area contributed by atoms with Gasteiger partial charge in [-0.3, -0.25) is 14.3 Å². The number of rotatable bonds is 9. The molecule has 4 N–H and O–H groups in total. The zero-order valence-corrected chi connectivity index (χ0v) is 19.5. The first-order valence-electron chi connectivity index (χ1n) is 10.8. The number of halogens is 3. The minimum atomic E-state index is -4.67. The maximum absolute atomic E-state index is 13.5. The Labute approximate surface area is 199 Å². The fourth-order valence-electron chi connectivity index (χ4n) is 3.13. The molecule has 190 valence electrons. The summed E-state index contributed by atoms with van der Waals surface area (Å²) in [6.45, 7) is 5.60. The van der Waals surface area contributed by atoms with Crippen LogP contribution in [0.1, 0.15) is 31.5 Å². The SMILES string of the molecule is Cc1nn(C(C)(C)C(N)=O)cc1Nc1ncc(C(F)(F)F)c(NCCCN2CC=COCC2=O)n1. The van der Waals surface area contributed by atoms with E-state index in [9.17, 15) is 22.8 Å². The Morgan fingerprint density at radius 1 is 1.31 bits per heavy atom. The molecule has 0 bridgehead atoms. The van der Waals surface area contributed by atoms with Crippen molar-refractivity contribution >= 4 is 29.3 Å². The third-order valence-electron chi connectivity index (χ3n) is 5.39. The highest BCUT2D eigenvalue weighted by Gasteiger charge is 2.35. The molecule has 0 atom stereocenters. The molecule has 0 spiro atoms. The van der Waals surface area contributed by atoms with Crippen LogP contribution in [0.5, 0.6) is 0 Å². The van der Waals surface area contributed by atoms with Gasteiger partial charge >= 0.3 is 6.18 Å². The van der Waals surface area contributed by atoms with E-state index in [4.69, 9.17) is 10.5 Å². The molecule has 11 nitrogen and oxygen atoms in total. The van der Waals surface area contributed by atoms with Crippen LogP contribution in [0.3, 0.4) is 0 Å². The first-order valence-corrected chi connectivity index (χ1v) is 10.8. The average Bonchev–Trinajstić information content (AvgIpc) is 3.01. The standard InChI is InChI=1S/C21H27F3N8O3/c1-13-15(11-32(30-13)20(2,3)18(25)34)28-19-27-10-14(21(22,23)24)17(29-19)26-6-4-7-31-8-5-9-35-12-16(31)33/h5,9-11H,4,6-8,12H2,1-3H3,(H2,25,34)(H2,26,27,28,29). The van der Waals surface area contributed by atoms with Gasteiger partial charge in [-0.1, -0.05) is 0 Å². The first-order chi connectivity index (χ1) is 16.4. The number of ether oxygens (including phenoxy) is 1. The molecule has 0 fully saturated rings. The highest BCUT2D eigenvalue weighted by molar-refractivity contribution is 5.81. The topological polar surface area (TPSA) is 140 Å². The number of hydrogen-bond acceptors (Lipinski definition) is 8. The summed E-state index contributed by atoms with van der Waals surface area (Å²) in [6.07, 6.45) is 1.04. The van der Waals surface area contributed by atoms with E-state index in [1.54, 1.807) is 31.7 Å². The van der Waals surface area contributed by atoms with Crippen molar-refractivity contribution in [2.45, 2.75) is 38.9 Å². The van der Waals surface area contributed by atoms with E-state index in [1.807, 2.05) is 0 Å². The number of alkyl halides is 3. The number of amides is 2. The molecule has 2 aromatic heterocycles. The lowest BCUT2D eigenvalue weighted by molar-refractivity contribution is -0.137. The minimum Gasteiger partial charge on any atom is -0.492 e. The predicted molar refractivity (Wildman–Crippen MR) is 121 cm³/mol. The number of nitrogens with zero attached hydrogens (tertiary/aromatic N) is 5. The quantitative estimate of drug-likeness (QED) is 0.449. The Balaban J connectivity index is 1.73. The fourth-order valence-corrected chi connectivity index (χ4v) is 3.13. The Morgan fingerprint density at radius 2 is 2.06 bits per heavy atom. The molecular formula is C21H27F3N8O3. The number of nitrogens with one attached hydrogen (secondary N) is 2. The van der Waals surface area contributed by atoms with Crippen LogP contribution >= 0.6 is 0 Å². The second-order valence-electron chi connectivity index (χ2n) is 8.38. The van der Waals surface area contributed by atoms with Crippen LogP contribution in [-0.4, -0.2) is 62.7 Å². The van der Waals surface area contributed by atoms with Crippen LogP contribution in [0.15, 0.2) is 24.7 Å². The molecule has 1 aliphatic heterocycles. The summed E-state index contributed by atoms with van der Waals surface area (Å²) < 4.78 is 46.9. The van der Waals surface area contributed by atoms with Crippen LogP contribution in [0.4, 0.5) is 30.6 Å². The Hall–Kier alpha value is -3.84. The molecule has 35 heavy (non-hydrogen) atoms. The second kappa shape index (κ2) is 10.2. The molecule has 2 aromatic rings. The number of carbonyl (C=O) groups is 2. The molecule has 1 aliphatic rings. The maximum Gasteiger partial charge on any atom is 0.421 e. The number of hydrogen-bond donors (Lipinski definition) is 3. The smallest absolute Gasteiger partial charge is 0.421 e. The molecule has 0 unspecified atom stereocenters. The predicted octanol–water partition coefficient (Wildman–Crippen LogP) is 2.14. The van der Waals surface area contributed by atoms with Gasteiger partial charge in [-0.15, -0.1) is 0 Å². The van der Waals surface area contributed by atoms with Gasteiger partial charge in [-0.2, -0.15) is 23.3 Å². The van der Waals surface area contributed by atoms with E-state index in [-0.39, 0.29) is 25.0 Å². The van der Waals surface area contributed by atoms with Crippen molar-refractivity contribution in [3.63, 3.8) is 0 Å². The molecule has 2 amide bonds. The van der Waals surface area contributed by atoms with Gasteiger partial charge in [-0.25, -0.2) is 4.98 Å². The third kappa shape index (κ3) is 6.19. The number of carbonyl (C=O) groups excluding carboxylic acids is 2. The monoisotopic (exact) mass is 496 g/mol. The fraction of sp³-hybridized carbons (Fsp3) is 0.476. The lowest BCUT2D eigenvalue weighted by atomic mass is 10.1. The lowest BCUT2D eigenvalue weighted by Gasteiger charge is -2.20. The molecule has 0 radical (unpaired) electrons. The second-order valence-corrected chi connectivity index (χ2v) is 8.38. The van der Waals surface area contributed by atoms with Crippen LogP contribution in [0.25, 0.3) is 0 Å². The van der Waals surface area contributed by atoms with Crippen LogP contribution < -0.4 is 16.4 Å². The first kappa shape index (κ1) is 25.8. The molecule has 0 saturated carbocycles. The average molecular weight is 496 g/mol. The van der Waals surface area contributed by atoms with Crippen molar-refractivity contribution in [1.29, 1.82) is 0 Å². The highest BCUT2D eigenvalue weighted by Crippen LogP contribution is 2.34. The van der Waals surface area contributed by atoms with Crippen molar-refractivity contribution in [2.75, 3.05) is 36.9 Å². The van der Waals surface area contributed by atoms with Gasteiger partial charge in [0.25, 0.3) is 5.91 Å². The van der Waals surface area contributed by atoms with E-state index >= 15 is 0 Å². The minimum absolute atomic E-state index is 0.0737. The molecular weight excluding hydrogens is 469 g/mol. The molecule has 0 aliphatic carbocycles. The van der Waals surface area contributed by atoms with Crippen LogP contribution in [-0.2, 0) is 26.0 Å². The maximum atomic E-state index is 13.5. The highest BCUT2D eigenvalue weighted by atomic mass is 19.4.